The van der Waals surface area contributed by atoms with Crippen molar-refractivity contribution in [1.29, 1.82) is 0 Å². The summed E-state index contributed by atoms with van der Waals surface area (Å²) in [5, 5.41) is 19.1. The summed E-state index contributed by atoms with van der Waals surface area (Å²) in [5.41, 5.74) is 3.68. The molecule has 2 aromatic carbocycles. The van der Waals surface area contributed by atoms with Crippen LogP contribution in [-0.4, -0.2) is 32.0 Å². The van der Waals surface area contributed by atoms with Gasteiger partial charge in [0.25, 0.3) is 0 Å². The molecule has 5 nitrogen and oxygen atoms in total. The summed E-state index contributed by atoms with van der Waals surface area (Å²) in [6.45, 7) is 1.14. The fourth-order valence-electron chi connectivity index (χ4n) is 3.46. The number of hydrogen-bond acceptors (Lipinski definition) is 4. The zero-order valence-corrected chi connectivity index (χ0v) is 14.4. The van der Waals surface area contributed by atoms with Gasteiger partial charge < -0.3 is 10.4 Å². The SMILES string of the molecule is OC1(CNCc2ccc(Cl)cc2-n2cncn2)Cc2ccccc2C1. The number of nitrogens with zero attached hydrogens (tertiary/aromatic N) is 3. The average molecular weight is 355 g/mol. The topological polar surface area (TPSA) is 63.0 Å². The Morgan fingerprint density at radius 2 is 1.92 bits per heavy atom. The Kier molecular flexibility index (Phi) is 4.29. The minimum Gasteiger partial charge on any atom is -0.388 e. The molecule has 6 heteroatoms. The highest BCUT2D eigenvalue weighted by Gasteiger charge is 2.34. The molecule has 128 valence electrons. The van der Waals surface area contributed by atoms with Crippen molar-refractivity contribution in [2.75, 3.05) is 6.54 Å². The molecule has 0 unspecified atom stereocenters. The van der Waals surface area contributed by atoms with Crippen LogP contribution in [0.4, 0.5) is 0 Å². The van der Waals surface area contributed by atoms with Crippen LogP contribution in [0.1, 0.15) is 16.7 Å². The van der Waals surface area contributed by atoms with Crippen LogP contribution in [0.15, 0.2) is 55.1 Å². The van der Waals surface area contributed by atoms with Gasteiger partial charge >= 0.3 is 0 Å². The van der Waals surface area contributed by atoms with E-state index >= 15 is 0 Å². The fraction of sp³-hybridized carbons (Fsp3) is 0.263. The second kappa shape index (κ2) is 6.59. The Morgan fingerprint density at radius 3 is 2.60 bits per heavy atom. The predicted molar refractivity (Wildman–Crippen MR) is 96.9 cm³/mol. The molecule has 1 aliphatic carbocycles. The monoisotopic (exact) mass is 354 g/mol. The van der Waals surface area contributed by atoms with Crippen LogP contribution in [0.3, 0.4) is 0 Å². The molecule has 1 aliphatic rings. The number of halogens is 1. The first kappa shape index (κ1) is 16.3. The molecule has 1 aromatic heterocycles. The van der Waals surface area contributed by atoms with Crippen LogP contribution in [-0.2, 0) is 19.4 Å². The third-order valence-corrected chi connectivity index (χ3v) is 4.87. The number of aliphatic hydroxyl groups is 1. The Bertz CT molecular complexity index is 854. The van der Waals surface area contributed by atoms with Crippen LogP contribution in [0.5, 0.6) is 0 Å². The minimum absolute atomic E-state index is 0.529. The third-order valence-electron chi connectivity index (χ3n) is 4.64. The van der Waals surface area contributed by atoms with E-state index < -0.39 is 5.60 Å². The Labute approximate surface area is 151 Å². The first-order valence-electron chi connectivity index (χ1n) is 8.26. The maximum absolute atomic E-state index is 10.9. The average Bonchev–Trinajstić information content (AvgIpc) is 3.23. The van der Waals surface area contributed by atoms with E-state index in [1.807, 2.05) is 30.3 Å². The molecule has 3 aromatic rings. The number of rotatable bonds is 5. The van der Waals surface area contributed by atoms with E-state index in [0.29, 0.717) is 31.0 Å². The maximum Gasteiger partial charge on any atom is 0.138 e. The summed E-state index contributed by atoms with van der Waals surface area (Å²) < 4.78 is 1.70. The number of fused-ring (bicyclic) bond motifs is 1. The van der Waals surface area contributed by atoms with Gasteiger partial charge in [-0.3, -0.25) is 0 Å². The lowest BCUT2D eigenvalue weighted by molar-refractivity contribution is 0.0510. The Balaban J connectivity index is 1.45. The van der Waals surface area contributed by atoms with Gasteiger partial charge in [-0.1, -0.05) is 41.9 Å². The normalized spacial score (nSPS) is 15.3. The number of nitrogens with one attached hydrogen (secondary N) is 1. The van der Waals surface area contributed by atoms with E-state index in [1.165, 1.54) is 17.5 Å². The molecule has 0 aliphatic heterocycles. The van der Waals surface area contributed by atoms with Crippen LogP contribution >= 0.6 is 11.6 Å². The summed E-state index contributed by atoms with van der Waals surface area (Å²) >= 11 is 6.12. The van der Waals surface area contributed by atoms with E-state index in [2.05, 4.69) is 27.5 Å². The first-order valence-corrected chi connectivity index (χ1v) is 8.64. The molecular formula is C19H19ClN4O. The lowest BCUT2D eigenvalue weighted by Crippen LogP contribution is -2.41. The zero-order chi connectivity index (χ0) is 17.3. The van der Waals surface area contributed by atoms with Crippen molar-refractivity contribution in [3.05, 3.63) is 76.8 Å². The van der Waals surface area contributed by atoms with Gasteiger partial charge in [-0.05, 0) is 28.8 Å². The standard InChI is InChI=1S/C19H19ClN4O/c20-17-6-5-16(18(7-17)24-13-22-12-23-24)10-21-11-19(25)8-14-3-1-2-4-15(14)9-19/h1-7,12-13,21,25H,8-11H2. The summed E-state index contributed by atoms with van der Waals surface area (Å²) in [6, 6.07) is 13.9. The molecule has 0 radical (unpaired) electrons. The van der Waals surface area contributed by atoms with Crippen LogP contribution in [0, 0.1) is 0 Å². The van der Waals surface area contributed by atoms with Crippen molar-refractivity contribution < 1.29 is 5.11 Å². The molecule has 2 N–H and O–H groups in total. The molecular weight excluding hydrogens is 336 g/mol. The van der Waals surface area contributed by atoms with Gasteiger partial charge in [-0.2, -0.15) is 5.10 Å². The highest BCUT2D eigenvalue weighted by molar-refractivity contribution is 6.30. The first-order chi connectivity index (χ1) is 12.1. The summed E-state index contributed by atoms with van der Waals surface area (Å²) in [4.78, 5) is 3.99. The summed E-state index contributed by atoms with van der Waals surface area (Å²) in [5.74, 6) is 0. The second-order valence-electron chi connectivity index (χ2n) is 6.56. The molecule has 25 heavy (non-hydrogen) atoms. The van der Waals surface area contributed by atoms with E-state index in [0.717, 1.165) is 11.3 Å². The highest BCUT2D eigenvalue weighted by Crippen LogP contribution is 2.29. The van der Waals surface area contributed by atoms with Gasteiger partial charge in [0.1, 0.15) is 12.7 Å². The lowest BCUT2D eigenvalue weighted by atomic mass is 10.0. The molecule has 0 spiro atoms. The summed E-state index contributed by atoms with van der Waals surface area (Å²) in [7, 11) is 0. The van der Waals surface area contributed by atoms with Gasteiger partial charge in [-0.15, -0.1) is 0 Å². The second-order valence-corrected chi connectivity index (χ2v) is 7.00. The Hall–Kier alpha value is -2.21. The number of aromatic nitrogens is 3. The molecule has 0 saturated heterocycles. The maximum atomic E-state index is 10.9. The van der Waals surface area contributed by atoms with Gasteiger partial charge in [0.05, 0.1) is 11.3 Å². The van der Waals surface area contributed by atoms with Crippen molar-refractivity contribution in [2.45, 2.75) is 25.0 Å². The molecule has 0 amide bonds. The van der Waals surface area contributed by atoms with Crippen molar-refractivity contribution >= 4 is 11.6 Å². The van der Waals surface area contributed by atoms with E-state index in [-0.39, 0.29) is 0 Å². The van der Waals surface area contributed by atoms with E-state index in [4.69, 9.17) is 11.6 Å². The fourth-order valence-corrected chi connectivity index (χ4v) is 3.63. The smallest absolute Gasteiger partial charge is 0.138 e. The lowest BCUT2D eigenvalue weighted by Gasteiger charge is -2.23. The van der Waals surface area contributed by atoms with Crippen LogP contribution < -0.4 is 5.32 Å². The van der Waals surface area contributed by atoms with Crippen LogP contribution in [0.2, 0.25) is 5.02 Å². The van der Waals surface area contributed by atoms with E-state index in [1.54, 1.807) is 11.0 Å². The zero-order valence-electron chi connectivity index (χ0n) is 13.7. The minimum atomic E-state index is -0.733. The van der Waals surface area contributed by atoms with Gasteiger partial charge in [0.2, 0.25) is 0 Å². The largest absolute Gasteiger partial charge is 0.388 e. The van der Waals surface area contributed by atoms with Gasteiger partial charge in [0, 0.05) is 31.0 Å². The number of benzene rings is 2. The third kappa shape index (κ3) is 3.44. The molecule has 0 atom stereocenters. The van der Waals surface area contributed by atoms with Crippen molar-refractivity contribution in [2.24, 2.45) is 0 Å². The molecule has 0 fully saturated rings. The molecule has 0 saturated carbocycles. The van der Waals surface area contributed by atoms with E-state index in [9.17, 15) is 5.11 Å². The predicted octanol–water partition coefficient (Wildman–Crippen LogP) is 2.54. The summed E-state index contributed by atoms with van der Waals surface area (Å²) in [6.07, 6.45) is 4.52. The number of hydrogen-bond donors (Lipinski definition) is 2. The molecule has 4 rings (SSSR count). The molecule has 0 bridgehead atoms. The van der Waals surface area contributed by atoms with Crippen molar-refractivity contribution in [3.8, 4) is 5.69 Å². The van der Waals surface area contributed by atoms with Crippen LogP contribution in [0.25, 0.3) is 5.69 Å². The van der Waals surface area contributed by atoms with Crippen molar-refractivity contribution in [3.63, 3.8) is 0 Å². The Morgan fingerprint density at radius 1 is 1.16 bits per heavy atom. The quantitative estimate of drug-likeness (QED) is 0.739. The highest BCUT2D eigenvalue weighted by atomic mass is 35.5. The molecule has 1 heterocycles. The van der Waals surface area contributed by atoms with Gasteiger partial charge in [0.15, 0.2) is 0 Å². The van der Waals surface area contributed by atoms with Crippen molar-refractivity contribution in [1.82, 2.24) is 20.1 Å². The van der Waals surface area contributed by atoms with Gasteiger partial charge in [-0.25, -0.2) is 9.67 Å².